The predicted molar refractivity (Wildman–Crippen MR) is 174 cm³/mol. The molecular weight excluding hydrogens is 594 g/mol. The van der Waals surface area contributed by atoms with Gasteiger partial charge in [-0.3, -0.25) is 14.4 Å². The molecule has 1 aliphatic rings. The number of rotatable bonds is 9. The molecule has 0 unspecified atom stereocenters. The number of fused-ring (bicyclic) bond motifs is 1. The number of aryl methyl sites for hydroxylation is 1. The molecule has 3 aromatic rings. The second kappa shape index (κ2) is 15.7. The van der Waals surface area contributed by atoms with Gasteiger partial charge in [0, 0.05) is 51.1 Å². The topological polar surface area (TPSA) is 126 Å². The molecule has 0 saturated heterocycles. The maximum Gasteiger partial charge on any atom is 0.280 e. The van der Waals surface area contributed by atoms with Gasteiger partial charge in [-0.2, -0.15) is 8.42 Å². The number of sulfonamides is 1. The lowest BCUT2D eigenvalue weighted by Crippen LogP contribution is -2.47. The summed E-state index contributed by atoms with van der Waals surface area (Å²) in [7, 11) is -0.239. The molecule has 4 rings (SSSR count). The minimum absolute atomic E-state index is 0.0711. The monoisotopic (exact) mass is 641 g/mol. The van der Waals surface area contributed by atoms with Gasteiger partial charge in [-0.1, -0.05) is 37.3 Å². The molecule has 0 spiro atoms. The van der Waals surface area contributed by atoms with Crippen molar-refractivity contribution < 1.29 is 27.8 Å². The van der Waals surface area contributed by atoms with Crippen molar-refractivity contribution >= 4 is 21.6 Å². The van der Waals surface area contributed by atoms with Gasteiger partial charge in [0.05, 0.1) is 36.7 Å². The predicted octanol–water partition coefficient (Wildman–Crippen LogP) is 4.15. The summed E-state index contributed by atoms with van der Waals surface area (Å²) in [5.74, 6) is -0.0697. The van der Waals surface area contributed by atoms with Gasteiger partial charge in [-0.15, -0.1) is 0 Å². The lowest BCUT2D eigenvalue weighted by atomic mass is 10.0. The van der Waals surface area contributed by atoms with Gasteiger partial charge in [0.15, 0.2) is 5.03 Å². The van der Waals surface area contributed by atoms with Crippen LogP contribution in [0.25, 0.3) is 0 Å². The van der Waals surface area contributed by atoms with E-state index in [2.05, 4.69) is 40.7 Å². The van der Waals surface area contributed by atoms with Crippen LogP contribution < -0.4 is 9.46 Å². The van der Waals surface area contributed by atoms with Gasteiger partial charge in [-0.25, -0.2) is 4.98 Å². The Kier molecular flexibility index (Phi) is 12.0. The average Bonchev–Trinajstić information content (AvgIpc) is 3.46. The zero-order valence-electron chi connectivity index (χ0n) is 26.9. The Morgan fingerprint density at radius 2 is 1.91 bits per heavy atom. The first kappa shape index (κ1) is 34.4. The number of imidazole rings is 1. The van der Waals surface area contributed by atoms with E-state index in [9.17, 15) is 18.3 Å². The van der Waals surface area contributed by atoms with E-state index in [-0.39, 0.29) is 46.9 Å². The van der Waals surface area contributed by atoms with Crippen molar-refractivity contribution in [2.75, 3.05) is 38.1 Å². The van der Waals surface area contributed by atoms with E-state index in [1.165, 1.54) is 24.2 Å². The quantitative estimate of drug-likeness (QED) is 0.357. The molecule has 1 aliphatic heterocycles. The third-order valence-electron chi connectivity index (χ3n) is 8.05. The number of aliphatic hydroxyl groups excluding tert-OH is 1. The highest BCUT2D eigenvalue weighted by Gasteiger charge is 2.31. The zero-order chi connectivity index (χ0) is 32.6. The van der Waals surface area contributed by atoms with E-state index >= 15 is 0 Å². The lowest BCUT2D eigenvalue weighted by molar-refractivity contribution is -0.0177. The van der Waals surface area contributed by atoms with E-state index in [4.69, 9.17) is 9.47 Å². The Balaban J connectivity index is 1.64. The number of nitrogens with zero attached hydrogens (tertiary/aromatic N) is 4. The molecule has 0 radical (unpaired) electrons. The van der Waals surface area contributed by atoms with Crippen LogP contribution in [0.4, 0.5) is 5.69 Å². The highest BCUT2D eigenvalue weighted by Crippen LogP contribution is 2.29. The van der Waals surface area contributed by atoms with Gasteiger partial charge in [-0.05, 0) is 63.9 Å². The minimum Gasteiger partial charge on any atom is -0.490 e. The molecular formula is C33H47N5O6S. The van der Waals surface area contributed by atoms with Crippen molar-refractivity contribution in [3.8, 4) is 5.75 Å². The fraction of sp³-hybridized carbons (Fsp3) is 0.515. The molecule has 12 heteroatoms. The number of amides is 1. The Hall–Kier alpha value is -3.45. The number of aliphatic hydroxyl groups is 1. The number of ether oxygens (including phenoxy) is 2. The third-order valence-corrected chi connectivity index (χ3v) is 9.31. The number of nitrogens with one attached hydrogen (secondary N) is 1. The van der Waals surface area contributed by atoms with Crippen molar-refractivity contribution in [3.05, 3.63) is 72.2 Å². The molecule has 2 heterocycles. The highest BCUT2D eigenvalue weighted by atomic mass is 32.2. The fourth-order valence-electron chi connectivity index (χ4n) is 5.45. The van der Waals surface area contributed by atoms with Crippen molar-refractivity contribution in [1.29, 1.82) is 0 Å². The Morgan fingerprint density at radius 1 is 1.16 bits per heavy atom. The molecule has 2 aromatic carbocycles. The standard InChI is InChI=1S/C33H47N5O6S/c1-24-18-38(25(2)22-39)33(40)29-17-28(35-45(41,42)32-21-37(5)23-34-32)14-15-30(29)44-26(3)11-9-10-16-43-31(24)20-36(4)19-27-12-7-6-8-13-27/h6-8,12-15,17,21,23-26,31,35,39H,9-11,16,18-20,22H2,1-5H3/t24-,25+,26+,31+/m1/s1. The van der Waals surface area contributed by atoms with Gasteiger partial charge >= 0.3 is 0 Å². The third kappa shape index (κ3) is 9.52. The molecule has 1 aromatic heterocycles. The zero-order valence-corrected chi connectivity index (χ0v) is 27.7. The van der Waals surface area contributed by atoms with Crippen LogP contribution in [0.2, 0.25) is 0 Å². The van der Waals surface area contributed by atoms with E-state index in [1.54, 1.807) is 35.6 Å². The average molecular weight is 642 g/mol. The maximum absolute atomic E-state index is 14.3. The number of aromatic nitrogens is 2. The van der Waals surface area contributed by atoms with Gasteiger partial charge in [0.25, 0.3) is 15.9 Å². The number of hydrogen-bond donors (Lipinski definition) is 2. The largest absolute Gasteiger partial charge is 0.490 e. The SMILES string of the molecule is C[C@@H]1CN([C@@H](C)CO)C(=O)c2cc(NS(=O)(=O)c3cn(C)cn3)ccc2O[C@@H](C)CCCCO[C@H]1CN(C)Cc1ccccc1. The van der Waals surface area contributed by atoms with Crippen molar-refractivity contribution in [2.24, 2.45) is 13.0 Å². The number of anilines is 1. The summed E-state index contributed by atoms with van der Waals surface area (Å²) < 4.78 is 42.9. The normalized spacial score (nSPS) is 21.1. The molecule has 4 atom stereocenters. The number of hydrogen-bond acceptors (Lipinski definition) is 8. The molecule has 11 nitrogen and oxygen atoms in total. The van der Waals surface area contributed by atoms with Gasteiger partial charge in [0.1, 0.15) is 5.75 Å². The fourth-order valence-corrected chi connectivity index (χ4v) is 6.48. The summed E-state index contributed by atoms with van der Waals surface area (Å²) in [6, 6.07) is 14.5. The summed E-state index contributed by atoms with van der Waals surface area (Å²) in [5, 5.41) is 10.1. The van der Waals surface area contributed by atoms with Crippen LogP contribution in [-0.2, 0) is 28.4 Å². The smallest absolute Gasteiger partial charge is 0.280 e. The molecule has 1 amide bonds. The summed E-state index contributed by atoms with van der Waals surface area (Å²) in [4.78, 5) is 22.1. The summed E-state index contributed by atoms with van der Waals surface area (Å²) in [5.41, 5.74) is 1.63. The van der Waals surface area contributed by atoms with E-state index in [0.717, 1.165) is 25.8 Å². The first-order chi connectivity index (χ1) is 21.5. The lowest BCUT2D eigenvalue weighted by Gasteiger charge is -2.36. The number of benzene rings is 2. The summed E-state index contributed by atoms with van der Waals surface area (Å²) in [6.07, 6.45) is 4.98. The number of carbonyl (C=O) groups excluding carboxylic acids is 1. The van der Waals surface area contributed by atoms with E-state index in [1.807, 2.05) is 25.1 Å². The molecule has 0 saturated carbocycles. The molecule has 0 aliphatic carbocycles. The van der Waals surface area contributed by atoms with Crippen LogP contribution in [0.15, 0.2) is 66.1 Å². The van der Waals surface area contributed by atoms with Gasteiger partial charge in [0.2, 0.25) is 0 Å². The molecule has 2 N–H and O–H groups in total. The van der Waals surface area contributed by atoms with Crippen molar-refractivity contribution in [2.45, 2.75) is 69.9 Å². The Morgan fingerprint density at radius 3 is 2.60 bits per heavy atom. The highest BCUT2D eigenvalue weighted by molar-refractivity contribution is 7.92. The van der Waals surface area contributed by atoms with E-state index in [0.29, 0.717) is 25.4 Å². The first-order valence-electron chi connectivity index (χ1n) is 15.5. The van der Waals surface area contributed by atoms with Crippen LogP contribution >= 0.6 is 0 Å². The molecule has 45 heavy (non-hydrogen) atoms. The van der Waals surface area contributed by atoms with Crippen LogP contribution in [-0.4, -0.2) is 90.4 Å². The number of likely N-dealkylation sites (N-methyl/N-ethyl adjacent to an activating group) is 1. The molecule has 0 fully saturated rings. The molecule has 246 valence electrons. The van der Waals surface area contributed by atoms with Gasteiger partial charge < -0.3 is 24.0 Å². The maximum atomic E-state index is 14.3. The first-order valence-corrected chi connectivity index (χ1v) is 17.0. The van der Waals surface area contributed by atoms with Crippen molar-refractivity contribution in [3.63, 3.8) is 0 Å². The second-order valence-corrected chi connectivity index (χ2v) is 13.8. The van der Waals surface area contributed by atoms with Crippen LogP contribution in [0.5, 0.6) is 5.75 Å². The second-order valence-electron chi connectivity index (χ2n) is 12.2. The Labute approximate surface area is 267 Å². The number of carbonyl (C=O) groups is 1. The van der Waals surface area contributed by atoms with Crippen molar-refractivity contribution in [1.82, 2.24) is 19.4 Å². The minimum atomic E-state index is -3.99. The summed E-state index contributed by atoms with van der Waals surface area (Å²) in [6.45, 7) is 7.93. The summed E-state index contributed by atoms with van der Waals surface area (Å²) >= 11 is 0. The van der Waals surface area contributed by atoms with Crippen LogP contribution in [0, 0.1) is 5.92 Å². The van der Waals surface area contributed by atoms with E-state index < -0.39 is 16.1 Å². The van der Waals surface area contributed by atoms with Crippen LogP contribution in [0.1, 0.15) is 56.0 Å². The Bertz CT molecular complexity index is 1500. The van der Waals surface area contributed by atoms with Crippen LogP contribution in [0.3, 0.4) is 0 Å². The molecule has 0 bridgehead atoms.